The largest absolute Gasteiger partial charge is 0.497 e. The molecule has 0 saturated heterocycles. The van der Waals surface area contributed by atoms with Gasteiger partial charge in [-0.2, -0.15) is 5.26 Å². The first kappa shape index (κ1) is 14.4. The molecule has 2 rings (SSSR count). The van der Waals surface area contributed by atoms with E-state index in [9.17, 15) is 4.79 Å². The van der Waals surface area contributed by atoms with Gasteiger partial charge in [0.05, 0.1) is 14.2 Å². The van der Waals surface area contributed by atoms with Crippen LogP contribution in [-0.2, 0) is 4.79 Å². The first-order valence-electron chi connectivity index (χ1n) is 6.17. The number of fused-ring (bicyclic) bond motifs is 1. The fourth-order valence-electron chi connectivity index (χ4n) is 2.06. The molecule has 0 unspecified atom stereocenters. The molecule has 0 fully saturated rings. The monoisotopic (exact) mass is 282 g/mol. The van der Waals surface area contributed by atoms with Crippen LogP contribution < -0.4 is 15.2 Å². The standard InChI is InChI=1S/C16H14N2O3/c1-20-12-5-3-10-4-6-15(21-2)14(13(10)8-12)7-11(9-17)16(18)19/h3-8H,1-2H3,(H2,18,19)/b11-7-. The Hall–Kier alpha value is -3.00. The molecule has 0 bridgehead atoms. The van der Waals surface area contributed by atoms with Gasteiger partial charge in [0.2, 0.25) is 0 Å². The number of hydrogen-bond donors (Lipinski definition) is 1. The first-order chi connectivity index (χ1) is 10.1. The zero-order chi connectivity index (χ0) is 15.4. The fourth-order valence-corrected chi connectivity index (χ4v) is 2.06. The highest BCUT2D eigenvalue weighted by Crippen LogP contribution is 2.32. The summed E-state index contributed by atoms with van der Waals surface area (Å²) in [7, 11) is 3.09. The smallest absolute Gasteiger partial charge is 0.259 e. The number of methoxy groups -OCH3 is 2. The second kappa shape index (κ2) is 5.97. The number of benzene rings is 2. The Morgan fingerprint density at radius 2 is 1.95 bits per heavy atom. The third-order valence-electron chi connectivity index (χ3n) is 3.12. The van der Waals surface area contributed by atoms with Gasteiger partial charge in [-0.3, -0.25) is 4.79 Å². The number of carbonyl (C=O) groups excluding carboxylic acids is 1. The number of nitriles is 1. The number of nitrogens with zero attached hydrogens (tertiary/aromatic N) is 1. The lowest BCUT2D eigenvalue weighted by Gasteiger charge is -2.10. The van der Waals surface area contributed by atoms with Gasteiger partial charge in [-0.05, 0) is 35.0 Å². The minimum atomic E-state index is -0.778. The summed E-state index contributed by atoms with van der Waals surface area (Å²) in [5.41, 5.74) is 5.67. The van der Waals surface area contributed by atoms with Crippen LogP contribution in [0.15, 0.2) is 35.9 Å². The van der Waals surface area contributed by atoms with Gasteiger partial charge in [0, 0.05) is 5.56 Å². The highest BCUT2D eigenvalue weighted by atomic mass is 16.5. The number of ether oxygens (including phenoxy) is 2. The summed E-state index contributed by atoms with van der Waals surface area (Å²) < 4.78 is 10.5. The van der Waals surface area contributed by atoms with E-state index < -0.39 is 5.91 Å². The highest BCUT2D eigenvalue weighted by Gasteiger charge is 2.11. The molecule has 2 aromatic rings. The van der Waals surface area contributed by atoms with E-state index in [4.69, 9.17) is 20.5 Å². The van der Waals surface area contributed by atoms with E-state index >= 15 is 0 Å². The Kier molecular flexibility index (Phi) is 4.10. The Balaban J connectivity index is 2.80. The van der Waals surface area contributed by atoms with Crippen LogP contribution in [0.3, 0.4) is 0 Å². The molecular weight excluding hydrogens is 268 g/mol. The van der Waals surface area contributed by atoms with E-state index in [0.717, 1.165) is 10.8 Å². The second-order valence-corrected chi connectivity index (χ2v) is 4.30. The predicted octanol–water partition coefficient (Wildman–Crippen LogP) is 2.25. The van der Waals surface area contributed by atoms with Crippen molar-refractivity contribution in [3.05, 3.63) is 41.5 Å². The molecule has 2 N–H and O–H groups in total. The van der Waals surface area contributed by atoms with E-state index in [-0.39, 0.29) is 5.57 Å². The molecule has 5 heteroatoms. The average Bonchev–Trinajstić information content (AvgIpc) is 2.51. The van der Waals surface area contributed by atoms with E-state index in [0.29, 0.717) is 17.1 Å². The SMILES string of the molecule is COc1ccc2ccc(OC)c(/C=C(/C#N)C(N)=O)c2c1. The minimum Gasteiger partial charge on any atom is -0.497 e. The molecule has 0 radical (unpaired) electrons. The minimum absolute atomic E-state index is 0.136. The van der Waals surface area contributed by atoms with Gasteiger partial charge < -0.3 is 15.2 Å². The van der Waals surface area contributed by atoms with Crippen molar-refractivity contribution in [3.63, 3.8) is 0 Å². The maximum absolute atomic E-state index is 11.3. The van der Waals surface area contributed by atoms with Gasteiger partial charge in [0.15, 0.2) is 0 Å². The fraction of sp³-hybridized carbons (Fsp3) is 0.125. The van der Waals surface area contributed by atoms with Crippen LogP contribution >= 0.6 is 0 Å². The maximum Gasteiger partial charge on any atom is 0.259 e. The summed E-state index contributed by atoms with van der Waals surface area (Å²) in [5, 5.41) is 10.8. The molecule has 5 nitrogen and oxygen atoms in total. The van der Waals surface area contributed by atoms with Gasteiger partial charge >= 0.3 is 0 Å². The summed E-state index contributed by atoms with van der Waals surface area (Å²) in [6, 6.07) is 11.0. The summed E-state index contributed by atoms with van der Waals surface area (Å²) in [5.74, 6) is 0.437. The second-order valence-electron chi connectivity index (χ2n) is 4.30. The quantitative estimate of drug-likeness (QED) is 0.688. The normalized spacial score (nSPS) is 11.0. The zero-order valence-electron chi connectivity index (χ0n) is 11.7. The molecule has 2 aromatic carbocycles. The predicted molar refractivity (Wildman–Crippen MR) is 79.8 cm³/mol. The lowest BCUT2D eigenvalue weighted by molar-refractivity contribution is -0.114. The van der Waals surface area contributed by atoms with Gasteiger partial charge in [-0.15, -0.1) is 0 Å². The van der Waals surface area contributed by atoms with E-state index in [2.05, 4.69) is 0 Å². The summed E-state index contributed by atoms with van der Waals surface area (Å²) in [6.45, 7) is 0. The molecule has 0 heterocycles. The molecule has 0 aliphatic carbocycles. The lowest BCUT2D eigenvalue weighted by atomic mass is 10.0. The Labute approximate surface area is 122 Å². The topological polar surface area (TPSA) is 85.3 Å². The number of amides is 1. The van der Waals surface area contributed by atoms with Crippen molar-refractivity contribution in [2.24, 2.45) is 5.73 Å². The third kappa shape index (κ3) is 2.79. The number of primary amides is 1. The highest BCUT2D eigenvalue weighted by molar-refractivity contribution is 6.04. The van der Waals surface area contributed by atoms with Crippen LogP contribution in [0.5, 0.6) is 11.5 Å². The van der Waals surface area contributed by atoms with Crippen molar-refractivity contribution in [1.29, 1.82) is 5.26 Å². The molecule has 106 valence electrons. The van der Waals surface area contributed by atoms with Gasteiger partial charge in [-0.1, -0.05) is 12.1 Å². The zero-order valence-corrected chi connectivity index (χ0v) is 11.7. The van der Waals surface area contributed by atoms with E-state index in [1.165, 1.54) is 13.2 Å². The van der Waals surface area contributed by atoms with E-state index in [1.807, 2.05) is 24.3 Å². The van der Waals surface area contributed by atoms with Crippen LogP contribution in [0.25, 0.3) is 16.8 Å². The lowest BCUT2D eigenvalue weighted by Crippen LogP contribution is -2.12. The molecule has 0 saturated carbocycles. The van der Waals surface area contributed by atoms with Crippen molar-refractivity contribution >= 4 is 22.8 Å². The molecule has 0 aliphatic heterocycles. The number of carbonyl (C=O) groups is 1. The molecule has 0 aliphatic rings. The van der Waals surface area contributed by atoms with Gasteiger partial charge in [-0.25, -0.2) is 0 Å². The van der Waals surface area contributed by atoms with Crippen molar-refractivity contribution < 1.29 is 14.3 Å². The molecule has 0 atom stereocenters. The van der Waals surface area contributed by atoms with Crippen LogP contribution in [0, 0.1) is 11.3 Å². The number of rotatable bonds is 4. The van der Waals surface area contributed by atoms with Crippen LogP contribution in [0.1, 0.15) is 5.56 Å². The molecule has 1 amide bonds. The first-order valence-corrected chi connectivity index (χ1v) is 6.17. The summed E-state index contributed by atoms with van der Waals surface area (Å²) in [4.78, 5) is 11.3. The third-order valence-corrected chi connectivity index (χ3v) is 3.12. The average molecular weight is 282 g/mol. The van der Waals surface area contributed by atoms with Crippen LogP contribution in [0.2, 0.25) is 0 Å². The molecular formula is C16H14N2O3. The van der Waals surface area contributed by atoms with Gasteiger partial charge in [0.1, 0.15) is 23.1 Å². The van der Waals surface area contributed by atoms with Crippen molar-refractivity contribution in [2.45, 2.75) is 0 Å². The maximum atomic E-state index is 11.3. The van der Waals surface area contributed by atoms with Crippen molar-refractivity contribution in [2.75, 3.05) is 14.2 Å². The Morgan fingerprint density at radius 1 is 1.24 bits per heavy atom. The number of hydrogen-bond acceptors (Lipinski definition) is 4. The molecule has 21 heavy (non-hydrogen) atoms. The Morgan fingerprint density at radius 3 is 2.52 bits per heavy atom. The van der Waals surface area contributed by atoms with Gasteiger partial charge in [0.25, 0.3) is 5.91 Å². The molecule has 0 aromatic heterocycles. The Bertz CT molecular complexity index is 768. The summed E-state index contributed by atoms with van der Waals surface area (Å²) >= 11 is 0. The van der Waals surface area contributed by atoms with Crippen molar-refractivity contribution in [3.8, 4) is 17.6 Å². The molecule has 0 spiro atoms. The summed E-state index contributed by atoms with van der Waals surface area (Å²) in [6.07, 6.45) is 1.43. The van der Waals surface area contributed by atoms with Crippen LogP contribution in [-0.4, -0.2) is 20.1 Å². The van der Waals surface area contributed by atoms with Crippen LogP contribution in [0.4, 0.5) is 0 Å². The van der Waals surface area contributed by atoms with E-state index in [1.54, 1.807) is 19.2 Å². The van der Waals surface area contributed by atoms with Crippen molar-refractivity contribution in [1.82, 2.24) is 0 Å². The number of nitrogens with two attached hydrogens (primary N) is 1.